The number of aliphatic carboxylic acids is 1. The first-order chi connectivity index (χ1) is 8.92. The first-order valence-electron chi connectivity index (χ1n) is 6.08. The van der Waals surface area contributed by atoms with Crippen molar-refractivity contribution in [3.63, 3.8) is 0 Å². The molecule has 0 amide bonds. The van der Waals surface area contributed by atoms with Crippen LogP contribution in [0.15, 0.2) is 36.4 Å². The molecule has 0 saturated carbocycles. The Bertz CT molecular complexity index is 681. The van der Waals surface area contributed by atoms with Gasteiger partial charge in [0.25, 0.3) is 0 Å². The Balaban J connectivity index is 2.38. The van der Waals surface area contributed by atoms with E-state index in [1.54, 1.807) is 19.9 Å². The largest absolute Gasteiger partial charge is 0.481 e. The number of carbonyl (C=O) groups is 1. The van der Waals surface area contributed by atoms with Gasteiger partial charge in [-0.15, -0.1) is 0 Å². The smallest absolute Gasteiger partial charge is 0.309 e. The van der Waals surface area contributed by atoms with Crippen LogP contribution < -0.4 is 0 Å². The van der Waals surface area contributed by atoms with Crippen molar-refractivity contribution < 1.29 is 9.90 Å². The summed E-state index contributed by atoms with van der Waals surface area (Å²) in [6.07, 6.45) is 0.484. The highest BCUT2D eigenvalue weighted by atomic mass is 16.4. The minimum Gasteiger partial charge on any atom is -0.481 e. The van der Waals surface area contributed by atoms with Crippen LogP contribution in [-0.2, 0) is 11.2 Å². The average Bonchev–Trinajstić information content (AvgIpc) is 2.37. The normalized spacial score (nSPS) is 11.2. The van der Waals surface area contributed by atoms with Gasteiger partial charge in [0, 0.05) is 0 Å². The quantitative estimate of drug-likeness (QED) is 0.912. The third kappa shape index (κ3) is 2.74. The van der Waals surface area contributed by atoms with E-state index in [9.17, 15) is 4.79 Å². The predicted molar refractivity (Wildman–Crippen MR) is 73.8 cm³/mol. The fourth-order valence-electron chi connectivity index (χ4n) is 2.06. The molecule has 1 N–H and O–H groups in total. The van der Waals surface area contributed by atoms with Gasteiger partial charge in [-0.2, -0.15) is 5.26 Å². The second-order valence-corrected chi connectivity index (χ2v) is 5.37. The lowest BCUT2D eigenvalue weighted by Gasteiger charge is -2.19. The van der Waals surface area contributed by atoms with Gasteiger partial charge in [-0.3, -0.25) is 4.79 Å². The second-order valence-electron chi connectivity index (χ2n) is 5.37. The summed E-state index contributed by atoms with van der Waals surface area (Å²) in [7, 11) is 0. The molecule has 0 aliphatic rings. The van der Waals surface area contributed by atoms with Crippen molar-refractivity contribution in [2.75, 3.05) is 0 Å². The number of benzene rings is 2. The van der Waals surface area contributed by atoms with E-state index in [1.807, 2.05) is 30.3 Å². The van der Waals surface area contributed by atoms with Gasteiger partial charge in [-0.05, 0) is 48.7 Å². The summed E-state index contributed by atoms with van der Waals surface area (Å²) in [5.41, 5.74) is 0.844. The highest BCUT2D eigenvalue weighted by Gasteiger charge is 2.27. The fourth-order valence-corrected chi connectivity index (χ4v) is 2.06. The SMILES string of the molecule is CC(C)(Cc1ccc2cc(C#N)ccc2c1)C(=O)O. The van der Waals surface area contributed by atoms with Crippen LogP contribution >= 0.6 is 0 Å². The molecule has 2 aromatic carbocycles. The minimum absolute atomic E-state index is 0.484. The van der Waals surface area contributed by atoms with Crippen molar-refractivity contribution in [2.45, 2.75) is 20.3 Å². The molecule has 0 atom stereocenters. The molecule has 0 spiro atoms. The zero-order valence-corrected chi connectivity index (χ0v) is 11.0. The molecule has 0 fully saturated rings. The van der Waals surface area contributed by atoms with Gasteiger partial charge in [0.1, 0.15) is 0 Å². The van der Waals surface area contributed by atoms with E-state index in [2.05, 4.69) is 6.07 Å². The number of rotatable bonds is 3. The van der Waals surface area contributed by atoms with Crippen molar-refractivity contribution in [1.29, 1.82) is 5.26 Å². The van der Waals surface area contributed by atoms with Crippen LogP contribution in [0.25, 0.3) is 10.8 Å². The van der Waals surface area contributed by atoms with E-state index in [0.29, 0.717) is 12.0 Å². The minimum atomic E-state index is -0.799. The summed E-state index contributed by atoms with van der Waals surface area (Å²) in [6.45, 7) is 3.44. The van der Waals surface area contributed by atoms with Crippen LogP contribution in [0.4, 0.5) is 0 Å². The first kappa shape index (κ1) is 13.1. The van der Waals surface area contributed by atoms with Crippen molar-refractivity contribution in [2.24, 2.45) is 5.41 Å². The van der Waals surface area contributed by atoms with Gasteiger partial charge in [0.2, 0.25) is 0 Å². The standard InChI is InChI=1S/C16H15NO2/c1-16(2,15(18)19)9-11-3-5-14-8-12(10-17)4-6-13(14)7-11/h3-8H,9H2,1-2H3,(H,18,19). The number of hydrogen-bond donors (Lipinski definition) is 1. The molecular weight excluding hydrogens is 238 g/mol. The molecule has 3 nitrogen and oxygen atoms in total. The van der Waals surface area contributed by atoms with Crippen LogP contribution in [0, 0.1) is 16.7 Å². The summed E-state index contributed by atoms with van der Waals surface area (Å²) in [5.74, 6) is -0.799. The Morgan fingerprint density at radius 2 is 1.84 bits per heavy atom. The number of nitriles is 1. The lowest BCUT2D eigenvalue weighted by atomic mass is 9.85. The molecule has 0 unspecified atom stereocenters. The van der Waals surface area contributed by atoms with E-state index < -0.39 is 11.4 Å². The third-order valence-corrected chi connectivity index (χ3v) is 3.26. The third-order valence-electron chi connectivity index (χ3n) is 3.26. The Kier molecular flexibility index (Phi) is 3.26. The maximum atomic E-state index is 11.1. The summed E-state index contributed by atoms with van der Waals surface area (Å²) in [5, 5.41) is 20.0. The van der Waals surface area contributed by atoms with Gasteiger partial charge in [0.15, 0.2) is 0 Å². The number of carboxylic acids is 1. The van der Waals surface area contributed by atoms with Crippen LogP contribution in [-0.4, -0.2) is 11.1 Å². The highest BCUT2D eigenvalue weighted by molar-refractivity contribution is 5.84. The van der Waals surface area contributed by atoms with Gasteiger partial charge in [-0.25, -0.2) is 0 Å². The van der Waals surface area contributed by atoms with Crippen molar-refractivity contribution in [1.82, 2.24) is 0 Å². The van der Waals surface area contributed by atoms with Crippen molar-refractivity contribution in [3.8, 4) is 6.07 Å². The molecule has 96 valence electrons. The van der Waals surface area contributed by atoms with Gasteiger partial charge in [0.05, 0.1) is 17.0 Å². The maximum absolute atomic E-state index is 11.1. The molecular formula is C16H15NO2. The molecule has 3 heteroatoms. The zero-order chi connectivity index (χ0) is 14.0. The molecule has 0 saturated heterocycles. The molecule has 2 aromatic rings. The molecule has 0 aromatic heterocycles. The lowest BCUT2D eigenvalue weighted by molar-refractivity contribution is -0.146. The monoisotopic (exact) mass is 253 g/mol. The molecule has 0 radical (unpaired) electrons. The Morgan fingerprint density at radius 3 is 2.47 bits per heavy atom. The number of nitrogens with zero attached hydrogens (tertiary/aromatic N) is 1. The molecule has 19 heavy (non-hydrogen) atoms. The summed E-state index contributed by atoms with van der Waals surface area (Å²) < 4.78 is 0. The molecule has 0 heterocycles. The lowest BCUT2D eigenvalue weighted by Crippen LogP contribution is -2.26. The van der Waals surface area contributed by atoms with Crippen LogP contribution in [0.5, 0.6) is 0 Å². The van der Waals surface area contributed by atoms with Crippen molar-refractivity contribution >= 4 is 16.7 Å². The Morgan fingerprint density at radius 1 is 1.21 bits per heavy atom. The number of hydrogen-bond acceptors (Lipinski definition) is 2. The van der Waals surface area contributed by atoms with Crippen LogP contribution in [0.2, 0.25) is 0 Å². The van der Waals surface area contributed by atoms with Crippen molar-refractivity contribution in [3.05, 3.63) is 47.5 Å². The number of carboxylic acid groups (broad SMARTS) is 1. The highest BCUT2D eigenvalue weighted by Crippen LogP contribution is 2.25. The van der Waals surface area contributed by atoms with E-state index in [-0.39, 0.29) is 0 Å². The maximum Gasteiger partial charge on any atom is 0.309 e. The number of fused-ring (bicyclic) bond motifs is 1. The summed E-state index contributed by atoms with van der Waals surface area (Å²) in [6, 6.07) is 13.5. The molecule has 0 bridgehead atoms. The average molecular weight is 253 g/mol. The molecule has 0 aliphatic heterocycles. The van der Waals surface area contributed by atoms with E-state index in [0.717, 1.165) is 16.3 Å². The van der Waals surface area contributed by atoms with Gasteiger partial charge in [-0.1, -0.05) is 24.3 Å². The fraction of sp³-hybridized carbons (Fsp3) is 0.250. The first-order valence-corrected chi connectivity index (χ1v) is 6.08. The van der Waals surface area contributed by atoms with Gasteiger partial charge >= 0.3 is 5.97 Å². The second kappa shape index (κ2) is 4.74. The molecule has 2 rings (SSSR count). The molecule has 0 aliphatic carbocycles. The van der Waals surface area contributed by atoms with Crippen LogP contribution in [0.1, 0.15) is 25.0 Å². The van der Waals surface area contributed by atoms with E-state index >= 15 is 0 Å². The Labute approximate surface area is 112 Å². The summed E-state index contributed by atoms with van der Waals surface area (Å²) >= 11 is 0. The topological polar surface area (TPSA) is 61.1 Å². The summed E-state index contributed by atoms with van der Waals surface area (Å²) in [4.78, 5) is 11.1. The van der Waals surface area contributed by atoms with E-state index in [4.69, 9.17) is 10.4 Å². The zero-order valence-electron chi connectivity index (χ0n) is 11.0. The predicted octanol–water partition coefficient (Wildman–Crippen LogP) is 3.36. The Hall–Kier alpha value is -2.34. The van der Waals surface area contributed by atoms with Gasteiger partial charge < -0.3 is 5.11 Å². The van der Waals surface area contributed by atoms with E-state index in [1.165, 1.54) is 0 Å². The van der Waals surface area contributed by atoms with Crippen LogP contribution in [0.3, 0.4) is 0 Å².